The number of carbonyl (C=O) groups is 1. The number of halogens is 2. The molecule has 0 rings (SSSR count). The summed E-state index contributed by atoms with van der Waals surface area (Å²) >= 11 is 5.22. The Morgan fingerprint density at radius 2 is 2.08 bits per heavy atom. The molecule has 7 heteroatoms. The van der Waals surface area contributed by atoms with Crippen LogP contribution in [0.5, 0.6) is 0 Å². The molecular formula is C5H8Cl2O4S. The van der Waals surface area contributed by atoms with Gasteiger partial charge in [-0.15, -0.1) is 11.6 Å². The van der Waals surface area contributed by atoms with Gasteiger partial charge < -0.3 is 4.74 Å². The van der Waals surface area contributed by atoms with Crippen LogP contribution in [0.3, 0.4) is 0 Å². The number of alkyl halides is 1. The van der Waals surface area contributed by atoms with E-state index in [-0.39, 0.29) is 6.61 Å². The Hall–Kier alpha value is -0.000000000000000111. The predicted molar refractivity (Wildman–Crippen MR) is 45.9 cm³/mol. The second kappa shape index (κ2) is 4.89. The lowest BCUT2D eigenvalue weighted by molar-refractivity contribution is -0.142. The molecule has 0 fully saturated rings. The summed E-state index contributed by atoms with van der Waals surface area (Å²) in [6.07, 6.45) is 0. The van der Waals surface area contributed by atoms with Crippen molar-refractivity contribution in [2.75, 3.05) is 12.5 Å². The van der Waals surface area contributed by atoms with Crippen molar-refractivity contribution in [1.29, 1.82) is 0 Å². The fourth-order valence-corrected chi connectivity index (χ4v) is 2.16. The molecule has 0 N–H and O–H groups in total. The molecule has 0 aliphatic heterocycles. The fraction of sp³-hybridized carbons (Fsp3) is 0.800. The lowest BCUT2D eigenvalue weighted by Crippen LogP contribution is -2.30. The monoisotopic (exact) mass is 234 g/mol. The van der Waals surface area contributed by atoms with E-state index in [1.165, 1.54) is 0 Å². The quantitative estimate of drug-likeness (QED) is 0.409. The van der Waals surface area contributed by atoms with Gasteiger partial charge in [0.05, 0.1) is 12.5 Å². The molecule has 0 bridgehead atoms. The molecule has 0 radical (unpaired) electrons. The Kier molecular flexibility index (Phi) is 4.89. The van der Waals surface area contributed by atoms with E-state index in [2.05, 4.69) is 4.74 Å². The minimum atomic E-state index is -3.97. The van der Waals surface area contributed by atoms with Gasteiger partial charge in [-0.1, -0.05) is 0 Å². The van der Waals surface area contributed by atoms with E-state index >= 15 is 0 Å². The topological polar surface area (TPSA) is 60.4 Å². The molecule has 0 saturated carbocycles. The molecule has 0 amide bonds. The van der Waals surface area contributed by atoms with Crippen molar-refractivity contribution < 1.29 is 17.9 Å². The molecule has 12 heavy (non-hydrogen) atoms. The molecule has 0 heterocycles. The summed E-state index contributed by atoms with van der Waals surface area (Å²) in [5.41, 5.74) is 0. The Labute approximate surface area is 80.2 Å². The molecule has 0 aromatic carbocycles. The number of rotatable bonds is 4. The molecule has 0 aliphatic carbocycles. The fourth-order valence-electron chi connectivity index (χ4n) is 0.488. The minimum absolute atomic E-state index is 0.0959. The average molecular weight is 235 g/mol. The van der Waals surface area contributed by atoms with Crippen molar-refractivity contribution in [2.45, 2.75) is 12.2 Å². The first-order chi connectivity index (χ1) is 5.43. The van der Waals surface area contributed by atoms with Crippen molar-refractivity contribution in [3.63, 3.8) is 0 Å². The Bertz CT molecular complexity index is 248. The van der Waals surface area contributed by atoms with E-state index in [9.17, 15) is 13.2 Å². The van der Waals surface area contributed by atoms with Crippen LogP contribution in [0.25, 0.3) is 0 Å². The normalized spacial score (nSPS) is 13.9. The Morgan fingerprint density at radius 1 is 1.58 bits per heavy atom. The first kappa shape index (κ1) is 12.0. The summed E-state index contributed by atoms with van der Waals surface area (Å²) in [5, 5.41) is -1.47. The summed E-state index contributed by atoms with van der Waals surface area (Å²) in [6, 6.07) is 0. The van der Waals surface area contributed by atoms with Gasteiger partial charge in [-0.25, -0.2) is 8.42 Å². The molecule has 4 nitrogen and oxygen atoms in total. The van der Waals surface area contributed by atoms with Gasteiger partial charge in [0.2, 0.25) is 9.05 Å². The number of hydrogen-bond donors (Lipinski definition) is 0. The second-order valence-corrected chi connectivity index (χ2v) is 4.99. The first-order valence-corrected chi connectivity index (χ1v) is 6.00. The standard InChI is InChI=1S/C5H8Cl2O4S/c1-2-11-5(8)4(3-6)12(7,9)10/h4H,2-3H2,1H3. The molecule has 72 valence electrons. The predicted octanol–water partition coefficient (Wildman–Crippen LogP) is 0.725. The van der Waals surface area contributed by atoms with Gasteiger partial charge in [0.1, 0.15) is 0 Å². The zero-order valence-corrected chi connectivity index (χ0v) is 8.62. The van der Waals surface area contributed by atoms with Crippen LogP contribution < -0.4 is 0 Å². The number of ether oxygens (including phenoxy) is 1. The van der Waals surface area contributed by atoms with Crippen LogP contribution in [0, 0.1) is 0 Å². The van der Waals surface area contributed by atoms with Gasteiger partial charge in [0.15, 0.2) is 5.25 Å². The van der Waals surface area contributed by atoms with Crippen molar-refractivity contribution in [3.05, 3.63) is 0 Å². The van der Waals surface area contributed by atoms with Crippen LogP contribution in [0.4, 0.5) is 0 Å². The van der Waals surface area contributed by atoms with Gasteiger partial charge in [-0.05, 0) is 6.92 Å². The largest absolute Gasteiger partial charge is 0.465 e. The van der Waals surface area contributed by atoms with Crippen molar-refractivity contribution in [3.8, 4) is 0 Å². The summed E-state index contributed by atoms with van der Waals surface area (Å²) in [7, 11) is 0.946. The van der Waals surface area contributed by atoms with E-state index in [1.54, 1.807) is 6.92 Å². The number of hydrogen-bond acceptors (Lipinski definition) is 4. The van der Waals surface area contributed by atoms with Gasteiger partial charge >= 0.3 is 5.97 Å². The number of carbonyl (C=O) groups excluding carboxylic acids is 1. The minimum Gasteiger partial charge on any atom is -0.465 e. The van der Waals surface area contributed by atoms with Gasteiger partial charge in [0.25, 0.3) is 0 Å². The van der Waals surface area contributed by atoms with Gasteiger partial charge in [-0.3, -0.25) is 4.79 Å². The van der Waals surface area contributed by atoms with Crippen LogP contribution in [-0.2, 0) is 18.6 Å². The second-order valence-electron chi connectivity index (χ2n) is 1.87. The maximum atomic E-state index is 10.9. The van der Waals surface area contributed by atoms with E-state index in [1.807, 2.05) is 0 Å². The molecule has 0 aliphatic rings. The van der Waals surface area contributed by atoms with Crippen LogP contribution >= 0.6 is 22.3 Å². The Morgan fingerprint density at radius 3 is 2.33 bits per heavy atom. The highest BCUT2D eigenvalue weighted by Gasteiger charge is 2.31. The molecule has 0 aromatic rings. The maximum Gasteiger partial charge on any atom is 0.326 e. The highest BCUT2D eigenvalue weighted by molar-refractivity contribution is 8.14. The third kappa shape index (κ3) is 3.60. The SMILES string of the molecule is CCOC(=O)C(CCl)S(=O)(=O)Cl. The molecule has 1 atom stereocenters. The van der Waals surface area contributed by atoms with Crippen molar-refractivity contribution in [2.24, 2.45) is 0 Å². The zero-order valence-electron chi connectivity index (χ0n) is 6.29. The summed E-state index contributed by atoms with van der Waals surface area (Å²) in [5.74, 6) is -1.31. The third-order valence-electron chi connectivity index (χ3n) is 1.03. The Balaban J connectivity index is 4.47. The maximum absolute atomic E-state index is 10.9. The van der Waals surface area contributed by atoms with Crippen molar-refractivity contribution in [1.82, 2.24) is 0 Å². The van der Waals surface area contributed by atoms with Crippen LogP contribution in [0.1, 0.15) is 6.92 Å². The molecule has 0 saturated heterocycles. The van der Waals surface area contributed by atoms with Crippen molar-refractivity contribution >= 4 is 37.3 Å². The average Bonchev–Trinajstić information content (AvgIpc) is 1.85. The van der Waals surface area contributed by atoms with E-state index in [0.29, 0.717) is 0 Å². The summed E-state index contributed by atoms with van der Waals surface area (Å²) in [4.78, 5) is 10.9. The third-order valence-corrected chi connectivity index (χ3v) is 3.21. The zero-order chi connectivity index (χ0) is 9.78. The molecule has 0 aromatic heterocycles. The smallest absolute Gasteiger partial charge is 0.326 e. The molecular weight excluding hydrogens is 227 g/mol. The van der Waals surface area contributed by atoms with Crippen LogP contribution in [0.2, 0.25) is 0 Å². The van der Waals surface area contributed by atoms with E-state index in [4.69, 9.17) is 22.3 Å². The van der Waals surface area contributed by atoms with Crippen LogP contribution in [0.15, 0.2) is 0 Å². The van der Waals surface area contributed by atoms with Gasteiger partial charge in [0, 0.05) is 10.7 Å². The lowest BCUT2D eigenvalue weighted by Gasteiger charge is -2.07. The highest BCUT2D eigenvalue weighted by atomic mass is 35.7. The van der Waals surface area contributed by atoms with Gasteiger partial charge in [-0.2, -0.15) is 0 Å². The molecule has 0 spiro atoms. The summed E-state index contributed by atoms with van der Waals surface area (Å²) in [6.45, 7) is 1.66. The van der Waals surface area contributed by atoms with Crippen LogP contribution in [-0.4, -0.2) is 32.1 Å². The lowest BCUT2D eigenvalue weighted by atomic mass is 10.5. The summed E-state index contributed by atoms with van der Waals surface area (Å²) < 4.78 is 25.8. The highest BCUT2D eigenvalue weighted by Crippen LogP contribution is 2.10. The van der Waals surface area contributed by atoms with E-state index < -0.39 is 26.2 Å². The number of esters is 1. The first-order valence-electron chi connectivity index (χ1n) is 3.09. The van der Waals surface area contributed by atoms with E-state index in [0.717, 1.165) is 0 Å². The molecule has 1 unspecified atom stereocenters.